The van der Waals surface area contributed by atoms with Gasteiger partial charge in [0.15, 0.2) is 17.4 Å². The zero-order valence-corrected chi connectivity index (χ0v) is 15.0. The van der Waals surface area contributed by atoms with Crippen LogP contribution in [0.1, 0.15) is 18.9 Å². The number of nitrogens with zero attached hydrogens (tertiary/aromatic N) is 3. The molecule has 1 aliphatic rings. The van der Waals surface area contributed by atoms with E-state index in [1.807, 2.05) is 30.3 Å². The summed E-state index contributed by atoms with van der Waals surface area (Å²) in [5.74, 6) is -2.34. The number of halogens is 2. The largest absolute Gasteiger partial charge is 0.336 e. The van der Waals surface area contributed by atoms with Gasteiger partial charge in [0.2, 0.25) is 0 Å². The quantitative estimate of drug-likeness (QED) is 0.811. The summed E-state index contributed by atoms with van der Waals surface area (Å²) in [7, 11) is 1.56. The number of benzene rings is 2. The molecule has 1 atom stereocenters. The van der Waals surface area contributed by atoms with Crippen LogP contribution in [0, 0.1) is 11.6 Å². The first-order chi connectivity index (χ1) is 12.9. The van der Waals surface area contributed by atoms with Gasteiger partial charge in [0.05, 0.1) is 5.69 Å². The van der Waals surface area contributed by atoms with Crippen molar-refractivity contribution in [2.75, 3.05) is 12.1 Å². The smallest absolute Gasteiger partial charge is 0.270 e. The van der Waals surface area contributed by atoms with E-state index >= 15 is 0 Å². The number of hydrogen-bond donors (Lipinski definition) is 0. The van der Waals surface area contributed by atoms with Crippen LogP contribution in [0.3, 0.4) is 0 Å². The molecule has 0 N–H and O–H groups in total. The Bertz CT molecular complexity index is 899. The maximum Gasteiger partial charge on any atom is 0.270 e. The summed E-state index contributed by atoms with van der Waals surface area (Å²) >= 11 is 0. The van der Waals surface area contributed by atoms with E-state index in [1.54, 1.807) is 12.1 Å². The number of carbonyl (C=O) groups excluding carboxylic acids is 2. The Morgan fingerprint density at radius 2 is 1.85 bits per heavy atom. The number of hydrazone groups is 1. The Morgan fingerprint density at radius 1 is 1.15 bits per heavy atom. The summed E-state index contributed by atoms with van der Waals surface area (Å²) in [6.45, 7) is 1.57. The fraction of sp³-hybridized carbons (Fsp3) is 0.250. The van der Waals surface area contributed by atoms with Gasteiger partial charge in [-0.05, 0) is 36.8 Å². The summed E-state index contributed by atoms with van der Waals surface area (Å²) in [6, 6.07) is 12.1. The van der Waals surface area contributed by atoms with Gasteiger partial charge >= 0.3 is 0 Å². The molecule has 3 rings (SSSR count). The number of ketones is 1. The standard InChI is InChI=1S/C20H19F2N3O2/c1-13(26)19-11-18(23-25(19)15-6-4-3-5-7-15)20(27)24(2)12-14-8-9-16(21)17(22)10-14/h3-10,19H,11-12H2,1-2H3. The Kier molecular flexibility index (Phi) is 5.30. The molecule has 0 saturated heterocycles. The van der Waals surface area contributed by atoms with E-state index in [1.165, 1.54) is 17.9 Å². The molecule has 1 unspecified atom stereocenters. The molecule has 2 aromatic rings. The van der Waals surface area contributed by atoms with E-state index in [0.717, 1.165) is 17.8 Å². The highest BCUT2D eigenvalue weighted by atomic mass is 19.2. The van der Waals surface area contributed by atoms with E-state index in [4.69, 9.17) is 0 Å². The molecule has 0 aliphatic carbocycles. The van der Waals surface area contributed by atoms with Gasteiger partial charge in [-0.1, -0.05) is 24.3 Å². The molecule has 0 spiro atoms. The molecule has 27 heavy (non-hydrogen) atoms. The summed E-state index contributed by atoms with van der Waals surface area (Å²) < 4.78 is 26.4. The van der Waals surface area contributed by atoms with Gasteiger partial charge in [0.1, 0.15) is 11.8 Å². The predicted molar refractivity (Wildman–Crippen MR) is 98.3 cm³/mol. The van der Waals surface area contributed by atoms with Gasteiger partial charge in [-0.3, -0.25) is 14.6 Å². The fourth-order valence-electron chi connectivity index (χ4n) is 2.98. The zero-order chi connectivity index (χ0) is 19.6. The second-order valence-electron chi connectivity index (χ2n) is 6.47. The average Bonchev–Trinajstić information content (AvgIpc) is 3.10. The number of carbonyl (C=O) groups is 2. The first-order valence-electron chi connectivity index (χ1n) is 8.48. The highest BCUT2D eigenvalue weighted by Crippen LogP contribution is 2.25. The predicted octanol–water partition coefficient (Wildman–Crippen LogP) is 3.15. The Labute approximate surface area is 155 Å². The molecule has 0 fully saturated rings. The summed E-state index contributed by atoms with van der Waals surface area (Å²) in [4.78, 5) is 26.1. The maximum atomic E-state index is 13.4. The van der Waals surface area contributed by atoms with Crippen molar-refractivity contribution in [1.29, 1.82) is 0 Å². The lowest BCUT2D eigenvalue weighted by Crippen LogP contribution is -2.35. The SMILES string of the molecule is CC(=O)C1CC(C(=O)N(C)Cc2ccc(F)c(F)c2)=NN1c1ccccc1. The molecule has 1 amide bonds. The average molecular weight is 371 g/mol. The number of rotatable bonds is 5. The number of anilines is 1. The molecule has 5 nitrogen and oxygen atoms in total. The third-order valence-corrected chi connectivity index (χ3v) is 4.40. The molecule has 140 valence electrons. The number of amides is 1. The first-order valence-corrected chi connectivity index (χ1v) is 8.48. The van der Waals surface area contributed by atoms with Crippen LogP contribution < -0.4 is 5.01 Å². The van der Waals surface area contributed by atoms with E-state index in [0.29, 0.717) is 5.56 Å². The van der Waals surface area contributed by atoms with E-state index in [2.05, 4.69) is 5.10 Å². The van der Waals surface area contributed by atoms with E-state index in [9.17, 15) is 18.4 Å². The number of Topliss-reactive ketones (excluding diaryl/α,β-unsaturated/α-hetero) is 1. The van der Waals surface area contributed by atoms with Gasteiger partial charge in [0, 0.05) is 20.0 Å². The minimum atomic E-state index is -0.960. The molecule has 1 aliphatic heterocycles. The van der Waals surface area contributed by atoms with Crippen LogP contribution in [0.4, 0.5) is 14.5 Å². The van der Waals surface area contributed by atoms with E-state index in [-0.39, 0.29) is 30.4 Å². The monoisotopic (exact) mass is 371 g/mol. The number of para-hydroxylation sites is 1. The third kappa shape index (κ3) is 4.02. The van der Waals surface area contributed by atoms with Crippen LogP contribution in [0.5, 0.6) is 0 Å². The van der Waals surface area contributed by atoms with Crippen LogP contribution in [0.25, 0.3) is 0 Å². The van der Waals surface area contributed by atoms with Gasteiger partial charge < -0.3 is 4.90 Å². The molecule has 7 heteroatoms. The summed E-state index contributed by atoms with van der Waals surface area (Å²) in [5, 5.41) is 5.92. The molecular weight excluding hydrogens is 352 g/mol. The van der Waals surface area contributed by atoms with Gasteiger partial charge in [0.25, 0.3) is 5.91 Å². The molecule has 0 radical (unpaired) electrons. The van der Waals surface area contributed by atoms with Crippen molar-refractivity contribution in [3.8, 4) is 0 Å². The lowest BCUT2D eigenvalue weighted by molar-refractivity contribution is -0.123. The third-order valence-electron chi connectivity index (χ3n) is 4.40. The summed E-state index contributed by atoms with van der Waals surface area (Å²) in [6.07, 6.45) is 0.200. The molecule has 0 bridgehead atoms. The van der Waals surface area contributed by atoms with Crippen molar-refractivity contribution in [1.82, 2.24) is 4.90 Å². The minimum absolute atomic E-state index is 0.0892. The van der Waals surface area contributed by atoms with Gasteiger partial charge in [-0.15, -0.1) is 0 Å². The first kappa shape index (κ1) is 18.7. The maximum absolute atomic E-state index is 13.4. The van der Waals surface area contributed by atoms with Crippen molar-refractivity contribution < 1.29 is 18.4 Å². The Balaban J connectivity index is 1.78. The molecular formula is C20H19F2N3O2. The van der Waals surface area contributed by atoms with Crippen molar-refractivity contribution in [3.05, 3.63) is 65.7 Å². The van der Waals surface area contributed by atoms with Gasteiger partial charge in [-0.25, -0.2) is 8.78 Å². The van der Waals surface area contributed by atoms with Crippen LogP contribution in [0.2, 0.25) is 0 Å². The molecule has 0 aromatic heterocycles. The lowest BCUT2D eigenvalue weighted by atomic mass is 10.1. The second-order valence-corrected chi connectivity index (χ2v) is 6.47. The van der Waals surface area contributed by atoms with Crippen LogP contribution in [0.15, 0.2) is 53.6 Å². The lowest BCUT2D eigenvalue weighted by Gasteiger charge is -2.20. The van der Waals surface area contributed by atoms with Crippen molar-refractivity contribution in [2.45, 2.75) is 25.9 Å². The molecule has 1 heterocycles. The highest BCUT2D eigenvalue weighted by Gasteiger charge is 2.35. The topological polar surface area (TPSA) is 53.0 Å². The van der Waals surface area contributed by atoms with Crippen LogP contribution >= 0.6 is 0 Å². The number of hydrogen-bond acceptors (Lipinski definition) is 4. The highest BCUT2D eigenvalue weighted by molar-refractivity contribution is 6.40. The normalized spacial score (nSPS) is 16.2. The summed E-state index contributed by atoms with van der Waals surface area (Å²) in [5.41, 5.74) is 1.44. The van der Waals surface area contributed by atoms with Crippen molar-refractivity contribution in [2.24, 2.45) is 5.10 Å². The zero-order valence-electron chi connectivity index (χ0n) is 15.0. The molecule has 0 saturated carbocycles. The van der Waals surface area contributed by atoms with Crippen molar-refractivity contribution in [3.63, 3.8) is 0 Å². The minimum Gasteiger partial charge on any atom is -0.336 e. The Morgan fingerprint density at radius 3 is 2.48 bits per heavy atom. The second kappa shape index (κ2) is 7.65. The van der Waals surface area contributed by atoms with Gasteiger partial charge in [-0.2, -0.15) is 5.10 Å². The van der Waals surface area contributed by atoms with Crippen LogP contribution in [-0.4, -0.2) is 35.4 Å². The Hall–Kier alpha value is -3.09. The van der Waals surface area contributed by atoms with Crippen molar-refractivity contribution >= 4 is 23.1 Å². The van der Waals surface area contributed by atoms with Crippen LogP contribution in [-0.2, 0) is 16.1 Å². The fourth-order valence-corrected chi connectivity index (χ4v) is 2.98. The van der Waals surface area contributed by atoms with E-state index < -0.39 is 17.7 Å². The molecule has 2 aromatic carbocycles.